The Morgan fingerprint density at radius 3 is 2.50 bits per heavy atom. The topological polar surface area (TPSA) is 64.3 Å². The van der Waals surface area contributed by atoms with E-state index in [1.165, 1.54) is 0 Å². The van der Waals surface area contributed by atoms with Crippen molar-refractivity contribution in [1.82, 2.24) is 0 Å². The van der Waals surface area contributed by atoms with Crippen molar-refractivity contribution >= 4 is 11.6 Å². The van der Waals surface area contributed by atoms with Gasteiger partial charge in [0.25, 0.3) is 0 Å². The van der Waals surface area contributed by atoms with Gasteiger partial charge in [0.05, 0.1) is 7.11 Å². The molecule has 2 aromatic rings. The van der Waals surface area contributed by atoms with E-state index in [0.717, 1.165) is 16.8 Å². The van der Waals surface area contributed by atoms with Gasteiger partial charge < -0.3 is 15.8 Å². The minimum atomic E-state index is -0.590. The number of benzene rings is 2. The zero-order chi connectivity index (χ0) is 14.5. The third-order valence-electron chi connectivity index (χ3n) is 3.07. The van der Waals surface area contributed by atoms with Crippen molar-refractivity contribution in [2.45, 2.75) is 13.0 Å². The zero-order valence-electron chi connectivity index (χ0n) is 11.6. The Kier molecular flexibility index (Phi) is 4.25. The van der Waals surface area contributed by atoms with Crippen LogP contribution in [0.5, 0.6) is 5.75 Å². The van der Waals surface area contributed by atoms with Gasteiger partial charge in [0.1, 0.15) is 11.8 Å². The van der Waals surface area contributed by atoms with E-state index in [0.29, 0.717) is 5.75 Å². The maximum absolute atomic E-state index is 11.7. The van der Waals surface area contributed by atoms with Crippen LogP contribution < -0.4 is 15.8 Å². The Bertz CT molecular complexity index is 594. The summed E-state index contributed by atoms with van der Waals surface area (Å²) in [6, 6.07) is 14.5. The van der Waals surface area contributed by atoms with Crippen molar-refractivity contribution in [2.75, 3.05) is 12.4 Å². The quantitative estimate of drug-likeness (QED) is 0.877. The largest absolute Gasteiger partial charge is 0.497 e. The molecule has 0 aliphatic rings. The first-order valence-electron chi connectivity index (χ1n) is 6.36. The van der Waals surface area contributed by atoms with E-state index in [1.807, 2.05) is 49.4 Å². The van der Waals surface area contributed by atoms with E-state index in [2.05, 4.69) is 5.32 Å². The van der Waals surface area contributed by atoms with Gasteiger partial charge in [0.2, 0.25) is 5.91 Å². The molecular weight excluding hydrogens is 252 g/mol. The summed E-state index contributed by atoms with van der Waals surface area (Å²) in [6.45, 7) is 2.01. The lowest BCUT2D eigenvalue weighted by Gasteiger charge is -2.18. The van der Waals surface area contributed by atoms with Crippen LogP contribution in [0.4, 0.5) is 5.69 Å². The van der Waals surface area contributed by atoms with Crippen molar-refractivity contribution in [3.8, 4) is 5.75 Å². The first-order chi connectivity index (χ1) is 9.60. The number of rotatable bonds is 5. The number of hydrogen-bond acceptors (Lipinski definition) is 3. The molecule has 0 aromatic heterocycles. The summed E-state index contributed by atoms with van der Waals surface area (Å²) >= 11 is 0. The number of primary amides is 1. The van der Waals surface area contributed by atoms with Crippen LogP contribution in [-0.4, -0.2) is 13.0 Å². The van der Waals surface area contributed by atoms with Crippen LogP contribution in [0.2, 0.25) is 0 Å². The van der Waals surface area contributed by atoms with Gasteiger partial charge >= 0.3 is 0 Å². The van der Waals surface area contributed by atoms with E-state index in [4.69, 9.17) is 10.5 Å². The number of carbonyl (C=O) groups is 1. The Morgan fingerprint density at radius 1 is 1.20 bits per heavy atom. The minimum Gasteiger partial charge on any atom is -0.497 e. The number of aryl methyl sites for hydroxylation is 1. The lowest BCUT2D eigenvalue weighted by Crippen LogP contribution is -2.27. The SMILES string of the molecule is COc1cccc(C(Nc2ccc(C)cc2)C(N)=O)c1. The molecule has 0 spiro atoms. The molecule has 4 heteroatoms. The maximum atomic E-state index is 11.7. The zero-order valence-corrected chi connectivity index (χ0v) is 11.6. The van der Waals surface area contributed by atoms with Crippen molar-refractivity contribution in [2.24, 2.45) is 5.73 Å². The molecule has 1 amide bonds. The fraction of sp³-hybridized carbons (Fsp3) is 0.188. The van der Waals surface area contributed by atoms with Gasteiger partial charge in [-0.25, -0.2) is 0 Å². The highest BCUT2D eigenvalue weighted by Crippen LogP contribution is 2.23. The molecule has 4 nitrogen and oxygen atoms in total. The molecule has 0 saturated carbocycles. The molecule has 1 atom stereocenters. The monoisotopic (exact) mass is 270 g/mol. The lowest BCUT2D eigenvalue weighted by molar-refractivity contribution is -0.118. The molecule has 20 heavy (non-hydrogen) atoms. The van der Waals surface area contributed by atoms with Gasteiger partial charge in [0, 0.05) is 5.69 Å². The van der Waals surface area contributed by atoms with Gasteiger partial charge in [-0.2, -0.15) is 0 Å². The van der Waals surface area contributed by atoms with E-state index in [-0.39, 0.29) is 0 Å². The summed E-state index contributed by atoms with van der Waals surface area (Å²) in [4.78, 5) is 11.7. The van der Waals surface area contributed by atoms with Crippen LogP contribution in [0.3, 0.4) is 0 Å². The number of amides is 1. The van der Waals surface area contributed by atoms with Crippen LogP contribution in [0.25, 0.3) is 0 Å². The van der Waals surface area contributed by atoms with E-state index >= 15 is 0 Å². The van der Waals surface area contributed by atoms with Crippen molar-refractivity contribution in [1.29, 1.82) is 0 Å². The van der Waals surface area contributed by atoms with Gasteiger partial charge in [-0.15, -0.1) is 0 Å². The summed E-state index contributed by atoms with van der Waals surface area (Å²) in [5.74, 6) is 0.262. The standard InChI is InChI=1S/C16H18N2O2/c1-11-6-8-13(9-7-11)18-15(16(17)19)12-4-3-5-14(10-12)20-2/h3-10,15,18H,1-2H3,(H2,17,19). The first-order valence-corrected chi connectivity index (χ1v) is 6.36. The average molecular weight is 270 g/mol. The van der Waals surface area contributed by atoms with E-state index < -0.39 is 11.9 Å². The lowest BCUT2D eigenvalue weighted by atomic mass is 10.1. The number of nitrogens with two attached hydrogens (primary N) is 1. The van der Waals surface area contributed by atoms with Gasteiger partial charge in [-0.1, -0.05) is 29.8 Å². The number of methoxy groups -OCH3 is 1. The second-order valence-corrected chi connectivity index (χ2v) is 4.62. The number of nitrogens with one attached hydrogen (secondary N) is 1. The number of carbonyl (C=O) groups excluding carboxylic acids is 1. The van der Waals surface area contributed by atoms with Crippen molar-refractivity contribution in [3.63, 3.8) is 0 Å². The molecule has 0 heterocycles. The van der Waals surface area contributed by atoms with Crippen LogP contribution >= 0.6 is 0 Å². The van der Waals surface area contributed by atoms with Crippen molar-refractivity contribution < 1.29 is 9.53 Å². The third-order valence-corrected chi connectivity index (χ3v) is 3.07. The molecule has 3 N–H and O–H groups in total. The fourth-order valence-corrected chi connectivity index (χ4v) is 1.96. The second-order valence-electron chi connectivity index (χ2n) is 4.62. The smallest absolute Gasteiger partial charge is 0.244 e. The van der Waals surface area contributed by atoms with E-state index in [1.54, 1.807) is 13.2 Å². The van der Waals surface area contributed by atoms with E-state index in [9.17, 15) is 4.79 Å². The fourth-order valence-electron chi connectivity index (χ4n) is 1.96. The molecule has 0 radical (unpaired) electrons. The van der Waals surface area contributed by atoms with Gasteiger partial charge in [-0.3, -0.25) is 4.79 Å². The summed E-state index contributed by atoms with van der Waals surface area (Å²) in [5, 5.41) is 3.14. The molecule has 0 bridgehead atoms. The van der Waals surface area contributed by atoms with Crippen LogP contribution in [-0.2, 0) is 4.79 Å². The molecule has 0 fully saturated rings. The first kappa shape index (κ1) is 13.9. The summed E-state index contributed by atoms with van der Waals surface area (Å²) in [7, 11) is 1.59. The molecule has 2 aromatic carbocycles. The highest BCUT2D eigenvalue weighted by Gasteiger charge is 2.18. The predicted octanol–water partition coefficient (Wildman–Crippen LogP) is 2.64. The molecule has 1 unspecified atom stereocenters. The Labute approximate surface area is 118 Å². The minimum absolute atomic E-state index is 0.432. The Morgan fingerprint density at radius 2 is 1.90 bits per heavy atom. The Balaban J connectivity index is 2.26. The van der Waals surface area contributed by atoms with Crippen LogP contribution in [0.1, 0.15) is 17.2 Å². The number of hydrogen-bond donors (Lipinski definition) is 2. The molecule has 0 aliphatic heterocycles. The number of anilines is 1. The summed E-state index contributed by atoms with van der Waals surface area (Å²) < 4.78 is 5.17. The molecule has 0 aliphatic carbocycles. The highest BCUT2D eigenvalue weighted by molar-refractivity contribution is 5.84. The molecule has 0 saturated heterocycles. The molecular formula is C16H18N2O2. The average Bonchev–Trinajstić information content (AvgIpc) is 2.46. The third kappa shape index (κ3) is 3.29. The van der Waals surface area contributed by atoms with Gasteiger partial charge in [-0.05, 0) is 36.8 Å². The normalized spacial score (nSPS) is 11.7. The predicted molar refractivity (Wildman–Crippen MR) is 79.7 cm³/mol. The highest BCUT2D eigenvalue weighted by atomic mass is 16.5. The van der Waals surface area contributed by atoms with Crippen molar-refractivity contribution in [3.05, 3.63) is 59.7 Å². The summed E-state index contributed by atoms with van der Waals surface area (Å²) in [5.41, 5.74) is 8.28. The van der Waals surface area contributed by atoms with Crippen LogP contribution in [0, 0.1) is 6.92 Å². The maximum Gasteiger partial charge on any atom is 0.244 e. The number of ether oxygens (including phenoxy) is 1. The Hall–Kier alpha value is -2.49. The van der Waals surface area contributed by atoms with Gasteiger partial charge in [0.15, 0.2) is 0 Å². The van der Waals surface area contributed by atoms with Crippen LogP contribution in [0.15, 0.2) is 48.5 Å². The molecule has 2 rings (SSSR count). The second kappa shape index (κ2) is 6.10. The summed E-state index contributed by atoms with van der Waals surface area (Å²) in [6.07, 6.45) is 0. The molecule has 104 valence electrons.